The molecule has 0 aliphatic heterocycles. The fraction of sp³-hybridized carbons (Fsp3) is 0.333. The zero-order valence-electron chi connectivity index (χ0n) is 16.1. The van der Waals surface area contributed by atoms with Crippen LogP contribution in [0.15, 0.2) is 53.4 Å². The molecule has 0 heterocycles. The zero-order chi connectivity index (χ0) is 19.8. The van der Waals surface area contributed by atoms with Crippen LogP contribution in [-0.2, 0) is 20.9 Å². The number of esters is 1. The highest BCUT2D eigenvalue weighted by Gasteiger charge is 2.19. The number of benzene rings is 2. The van der Waals surface area contributed by atoms with Crippen LogP contribution in [-0.4, -0.2) is 42.8 Å². The number of carbonyl (C=O) groups excluding carboxylic acids is 2. The Kier molecular flexibility index (Phi) is 7.73. The first-order chi connectivity index (χ1) is 12.9. The molecule has 1 atom stereocenters. The summed E-state index contributed by atoms with van der Waals surface area (Å²) >= 11 is 1.67. The van der Waals surface area contributed by atoms with Crippen LogP contribution >= 0.6 is 11.8 Å². The van der Waals surface area contributed by atoms with Crippen molar-refractivity contribution in [2.75, 3.05) is 19.9 Å². The molecule has 1 amide bonds. The maximum absolute atomic E-state index is 12.2. The van der Waals surface area contributed by atoms with Crippen LogP contribution in [0.2, 0.25) is 0 Å². The quantitative estimate of drug-likeness (QED) is 0.511. The molecular weight excluding hydrogens is 362 g/mol. The Morgan fingerprint density at radius 2 is 1.85 bits per heavy atom. The molecule has 0 bridgehead atoms. The smallest absolute Gasteiger partial charge is 0.347 e. The number of carbonyl (C=O) groups is 2. The van der Waals surface area contributed by atoms with Crippen molar-refractivity contribution in [2.24, 2.45) is 0 Å². The van der Waals surface area contributed by atoms with Gasteiger partial charge in [-0.15, -0.1) is 11.8 Å². The van der Waals surface area contributed by atoms with Crippen molar-refractivity contribution < 1.29 is 19.1 Å². The van der Waals surface area contributed by atoms with E-state index < -0.39 is 12.1 Å². The lowest BCUT2D eigenvalue weighted by molar-refractivity contribution is -0.157. The molecule has 0 saturated carbocycles. The molecule has 0 aromatic heterocycles. The number of nitrogens with zero attached hydrogens (tertiary/aromatic N) is 1. The van der Waals surface area contributed by atoms with Crippen molar-refractivity contribution in [3.8, 4) is 5.75 Å². The number of aryl methyl sites for hydroxylation is 1. The minimum atomic E-state index is -0.788. The fourth-order valence-corrected chi connectivity index (χ4v) is 2.80. The molecule has 0 saturated heterocycles. The topological polar surface area (TPSA) is 55.8 Å². The molecule has 5 nitrogen and oxygen atoms in total. The average Bonchev–Trinajstić information content (AvgIpc) is 2.66. The van der Waals surface area contributed by atoms with Gasteiger partial charge in [0.2, 0.25) is 0 Å². The maximum Gasteiger partial charge on any atom is 0.347 e. The number of hydrogen-bond acceptors (Lipinski definition) is 5. The van der Waals surface area contributed by atoms with E-state index in [4.69, 9.17) is 9.47 Å². The molecule has 144 valence electrons. The second-order valence-corrected chi connectivity index (χ2v) is 7.16. The van der Waals surface area contributed by atoms with Gasteiger partial charge in [-0.05, 0) is 55.5 Å². The molecule has 0 unspecified atom stereocenters. The Bertz CT molecular complexity index is 776. The van der Waals surface area contributed by atoms with E-state index in [9.17, 15) is 9.59 Å². The third-order valence-electron chi connectivity index (χ3n) is 3.98. The molecule has 2 aromatic carbocycles. The Labute approximate surface area is 164 Å². The highest BCUT2D eigenvalue weighted by atomic mass is 32.2. The van der Waals surface area contributed by atoms with Crippen molar-refractivity contribution in [1.82, 2.24) is 4.90 Å². The first kappa shape index (κ1) is 20.8. The summed E-state index contributed by atoms with van der Waals surface area (Å²) in [5.74, 6) is -0.237. The summed E-state index contributed by atoms with van der Waals surface area (Å²) in [4.78, 5) is 27.0. The third-order valence-corrected chi connectivity index (χ3v) is 4.72. The fourth-order valence-electron chi connectivity index (χ4n) is 2.39. The number of thioether (sulfide) groups is 1. The van der Waals surface area contributed by atoms with Gasteiger partial charge in [0.1, 0.15) is 5.75 Å². The van der Waals surface area contributed by atoms with Gasteiger partial charge in [0.25, 0.3) is 5.91 Å². The van der Waals surface area contributed by atoms with E-state index in [1.165, 1.54) is 9.80 Å². The summed E-state index contributed by atoms with van der Waals surface area (Å²) in [6, 6.07) is 15.4. The normalized spacial score (nSPS) is 11.6. The summed E-state index contributed by atoms with van der Waals surface area (Å²) in [5, 5.41) is 0. The number of likely N-dealkylation sites (N-methyl/N-ethyl adjacent to an activating group) is 1. The van der Waals surface area contributed by atoms with Gasteiger partial charge < -0.3 is 14.4 Å². The zero-order valence-corrected chi connectivity index (χ0v) is 16.9. The van der Waals surface area contributed by atoms with Gasteiger partial charge in [-0.25, -0.2) is 4.79 Å². The molecule has 2 aromatic rings. The van der Waals surface area contributed by atoms with Gasteiger partial charge in [-0.2, -0.15) is 0 Å². The maximum atomic E-state index is 12.2. The van der Waals surface area contributed by atoms with Crippen LogP contribution in [0.4, 0.5) is 0 Å². The van der Waals surface area contributed by atoms with E-state index in [0.717, 1.165) is 11.1 Å². The molecule has 0 aliphatic carbocycles. The molecule has 0 radical (unpaired) electrons. The van der Waals surface area contributed by atoms with E-state index in [-0.39, 0.29) is 12.5 Å². The van der Waals surface area contributed by atoms with E-state index in [2.05, 4.69) is 0 Å². The van der Waals surface area contributed by atoms with E-state index >= 15 is 0 Å². The summed E-state index contributed by atoms with van der Waals surface area (Å²) in [6.45, 7) is 3.70. The largest absolute Gasteiger partial charge is 0.479 e. The number of ether oxygens (including phenoxy) is 2. The van der Waals surface area contributed by atoms with Crippen LogP contribution in [0.5, 0.6) is 5.75 Å². The van der Waals surface area contributed by atoms with Crippen molar-refractivity contribution in [1.29, 1.82) is 0 Å². The molecule has 27 heavy (non-hydrogen) atoms. The average molecular weight is 388 g/mol. The molecule has 0 fully saturated rings. The van der Waals surface area contributed by atoms with E-state index in [1.807, 2.05) is 55.6 Å². The first-order valence-electron chi connectivity index (χ1n) is 8.66. The summed E-state index contributed by atoms with van der Waals surface area (Å²) in [5.41, 5.74) is 2.06. The lowest BCUT2D eigenvalue weighted by Gasteiger charge is -2.19. The molecule has 2 rings (SSSR count). The Morgan fingerprint density at radius 1 is 1.15 bits per heavy atom. The second-order valence-electron chi connectivity index (χ2n) is 6.28. The van der Waals surface area contributed by atoms with E-state index in [1.54, 1.807) is 31.8 Å². The minimum absolute atomic E-state index is 0.264. The monoisotopic (exact) mass is 387 g/mol. The van der Waals surface area contributed by atoms with Gasteiger partial charge in [0.15, 0.2) is 12.7 Å². The first-order valence-corrected chi connectivity index (χ1v) is 9.88. The summed E-state index contributed by atoms with van der Waals surface area (Å²) < 4.78 is 10.7. The third kappa shape index (κ3) is 6.64. The molecular formula is C21H25NO4S. The predicted molar refractivity (Wildman–Crippen MR) is 107 cm³/mol. The van der Waals surface area contributed by atoms with Crippen molar-refractivity contribution in [2.45, 2.75) is 31.4 Å². The number of hydrogen-bond donors (Lipinski definition) is 0. The van der Waals surface area contributed by atoms with Gasteiger partial charge in [0.05, 0.1) is 0 Å². The number of rotatable bonds is 8. The van der Waals surface area contributed by atoms with Crippen molar-refractivity contribution in [3.05, 3.63) is 59.7 Å². The van der Waals surface area contributed by atoms with Crippen LogP contribution < -0.4 is 4.74 Å². The van der Waals surface area contributed by atoms with Crippen LogP contribution in [0.3, 0.4) is 0 Å². The standard InChI is InChI=1S/C21H25NO4S/c1-15-6-5-7-18(12-15)26-16(2)21(24)25-14-20(23)22(3)13-17-8-10-19(27-4)11-9-17/h5-12,16H,13-14H2,1-4H3/t16-/m0/s1. The van der Waals surface area contributed by atoms with Crippen LogP contribution in [0.1, 0.15) is 18.1 Å². The van der Waals surface area contributed by atoms with Gasteiger partial charge in [-0.3, -0.25) is 4.79 Å². The lowest BCUT2D eigenvalue weighted by Crippen LogP contribution is -2.34. The second kappa shape index (κ2) is 10.0. The Morgan fingerprint density at radius 3 is 2.48 bits per heavy atom. The molecule has 6 heteroatoms. The van der Waals surface area contributed by atoms with Crippen LogP contribution in [0, 0.1) is 6.92 Å². The molecule has 0 aliphatic rings. The molecule has 0 spiro atoms. The Balaban J connectivity index is 1.79. The minimum Gasteiger partial charge on any atom is -0.479 e. The van der Waals surface area contributed by atoms with E-state index in [0.29, 0.717) is 12.3 Å². The van der Waals surface area contributed by atoms with Crippen molar-refractivity contribution >= 4 is 23.6 Å². The molecule has 0 N–H and O–H groups in total. The number of amides is 1. The highest BCUT2D eigenvalue weighted by Crippen LogP contribution is 2.16. The van der Waals surface area contributed by atoms with Crippen molar-refractivity contribution in [3.63, 3.8) is 0 Å². The van der Waals surface area contributed by atoms with Gasteiger partial charge in [0, 0.05) is 18.5 Å². The van der Waals surface area contributed by atoms with Crippen LogP contribution in [0.25, 0.3) is 0 Å². The van der Waals surface area contributed by atoms with Gasteiger partial charge >= 0.3 is 5.97 Å². The Hall–Kier alpha value is -2.47. The summed E-state index contributed by atoms with van der Waals surface area (Å²) in [6.07, 6.45) is 1.23. The predicted octanol–water partition coefficient (Wildman–Crippen LogP) is 3.69. The van der Waals surface area contributed by atoms with Gasteiger partial charge in [-0.1, -0.05) is 24.3 Å². The lowest BCUT2D eigenvalue weighted by atomic mass is 10.2. The highest BCUT2D eigenvalue weighted by molar-refractivity contribution is 7.98. The SMILES string of the molecule is CSc1ccc(CN(C)C(=O)COC(=O)[C@H](C)Oc2cccc(C)c2)cc1. The summed E-state index contributed by atoms with van der Waals surface area (Å²) in [7, 11) is 1.69.